The van der Waals surface area contributed by atoms with Crippen LogP contribution in [0.4, 0.5) is 10.1 Å². The summed E-state index contributed by atoms with van der Waals surface area (Å²) in [5.41, 5.74) is 0.194. The Morgan fingerprint density at radius 1 is 1.62 bits per heavy atom. The molecule has 1 atom stereocenters. The van der Waals surface area contributed by atoms with Crippen molar-refractivity contribution in [1.82, 2.24) is 0 Å². The number of nitrogens with zero attached hydrogens (tertiary/aromatic N) is 1. The van der Waals surface area contributed by atoms with E-state index in [1.54, 1.807) is 0 Å². The van der Waals surface area contributed by atoms with Crippen molar-refractivity contribution in [3.63, 3.8) is 0 Å². The minimum Gasteiger partial charge on any atom is -0.258 e. The number of nitro groups is 1. The second-order valence-electron chi connectivity index (χ2n) is 2.58. The SMILES string of the molecule is CC(Br)c1ccc([N+](=O)[O-])c(F)c1. The molecule has 0 heterocycles. The lowest BCUT2D eigenvalue weighted by atomic mass is 10.1. The first kappa shape index (κ1) is 10.1. The van der Waals surface area contributed by atoms with E-state index in [1.165, 1.54) is 12.1 Å². The zero-order chi connectivity index (χ0) is 10.0. The highest BCUT2D eigenvalue weighted by Crippen LogP contribution is 2.26. The molecule has 0 radical (unpaired) electrons. The molecule has 1 rings (SSSR count). The maximum atomic E-state index is 13.0. The van der Waals surface area contributed by atoms with Crippen molar-refractivity contribution in [2.24, 2.45) is 0 Å². The lowest BCUT2D eigenvalue weighted by Crippen LogP contribution is -1.94. The van der Waals surface area contributed by atoms with Gasteiger partial charge in [0.2, 0.25) is 5.82 Å². The van der Waals surface area contributed by atoms with Crippen molar-refractivity contribution in [2.45, 2.75) is 11.8 Å². The molecule has 0 saturated carbocycles. The number of hydrogen-bond donors (Lipinski definition) is 0. The summed E-state index contributed by atoms with van der Waals surface area (Å²) in [7, 11) is 0. The number of rotatable bonds is 2. The second kappa shape index (κ2) is 3.83. The van der Waals surface area contributed by atoms with Crippen LogP contribution in [0, 0.1) is 15.9 Å². The van der Waals surface area contributed by atoms with E-state index in [-0.39, 0.29) is 4.83 Å². The van der Waals surface area contributed by atoms with Gasteiger partial charge in [0, 0.05) is 10.9 Å². The van der Waals surface area contributed by atoms with Gasteiger partial charge in [-0.25, -0.2) is 0 Å². The third kappa shape index (κ3) is 2.24. The highest BCUT2D eigenvalue weighted by molar-refractivity contribution is 9.09. The monoisotopic (exact) mass is 247 g/mol. The van der Waals surface area contributed by atoms with Gasteiger partial charge < -0.3 is 0 Å². The summed E-state index contributed by atoms with van der Waals surface area (Å²) >= 11 is 3.24. The first-order valence-corrected chi connectivity index (χ1v) is 4.52. The van der Waals surface area contributed by atoms with Crippen molar-refractivity contribution >= 4 is 21.6 Å². The molecule has 13 heavy (non-hydrogen) atoms. The van der Waals surface area contributed by atoms with Gasteiger partial charge in [-0.3, -0.25) is 10.1 Å². The maximum Gasteiger partial charge on any atom is 0.304 e. The van der Waals surface area contributed by atoms with Crippen LogP contribution in [0.15, 0.2) is 18.2 Å². The topological polar surface area (TPSA) is 43.1 Å². The van der Waals surface area contributed by atoms with Crippen LogP contribution in [-0.2, 0) is 0 Å². The third-order valence-electron chi connectivity index (χ3n) is 1.63. The fraction of sp³-hybridized carbons (Fsp3) is 0.250. The molecule has 0 bridgehead atoms. The molecule has 1 unspecified atom stereocenters. The van der Waals surface area contributed by atoms with Crippen molar-refractivity contribution in [3.05, 3.63) is 39.7 Å². The zero-order valence-electron chi connectivity index (χ0n) is 6.83. The van der Waals surface area contributed by atoms with Crippen LogP contribution >= 0.6 is 15.9 Å². The largest absolute Gasteiger partial charge is 0.304 e. The van der Waals surface area contributed by atoms with Crippen LogP contribution in [-0.4, -0.2) is 4.92 Å². The molecule has 0 aliphatic rings. The minimum absolute atomic E-state index is 0.0113. The summed E-state index contributed by atoms with van der Waals surface area (Å²) in [6.45, 7) is 1.82. The second-order valence-corrected chi connectivity index (χ2v) is 3.96. The molecule has 0 aliphatic carbocycles. The van der Waals surface area contributed by atoms with Gasteiger partial charge in [0.15, 0.2) is 0 Å². The Morgan fingerprint density at radius 3 is 2.62 bits per heavy atom. The average Bonchev–Trinajstić information content (AvgIpc) is 2.03. The molecule has 3 nitrogen and oxygen atoms in total. The van der Waals surface area contributed by atoms with Gasteiger partial charge >= 0.3 is 5.69 Å². The maximum absolute atomic E-state index is 13.0. The average molecular weight is 248 g/mol. The fourth-order valence-corrected chi connectivity index (χ4v) is 1.20. The predicted octanol–water partition coefficient (Wildman–Crippen LogP) is 3.19. The van der Waals surface area contributed by atoms with E-state index < -0.39 is 16.4 Å². The normalized spacial score (nSPS) is 12.5. The highest BCUT2D eigenvalue weighted by Gasteiger charge is 2.14. The van der Waals surface area contributed by atoms with Gasteiger partial charge in [-0.15, -0.1) is 0 Å². The van der Waals surface area contributed by atoms with Crippen LogP contribution in [0.5, 0.6) is 0 Å². The number of alkyl halides is 1. The molecule has 0 fully saturated rings. The predicted molar refractivity (Wildman–Crippen MR) is 50.4 cm³/mol. The molecule has 1 aromatic carbocycles. The van der Waals surface area contributed by atoms with Gasteiger partial charge in [0.25, 0.3) is 0 Å². The first-order valence-electron chi connectivity index (χ1n) is 3.60. The summed E-state index contributed by atoms with van der Waals surface area (Å²) in [6.07, 6.45) is 0. The molecule has 0 aromatic heterocycles. The Bertz CT molecular complexity index is 341. The van der Waals surface area contributed by atoms with E-state index >= 15 is 0 Å². The van der Waals surface area contributed by atoms with Gasteiger partial charge in [0.05, 0.1) is 4.92 Å². The number of hydrogen-bond acceptors (Lipinski definition) is 2. The molecule has 0 spiro atoms. The highest BCUT2D eigenvalue weighted by atomic mass is 79.9. The number of benzene rings is 1. The first-order chi connectivity index (χ1) is 6.02. The van der Waals surface area contributed by atoms with Crippen LogP contribution < -0.4 is 0 Å². The minimum atomic E-state index is -0.797. The van der Waals surface area contributed by atoms with Crippen molar-refractivity contribution < 1.29 is 9.31 Å². The van der Waals surface area contributed by atoms with E-state index in [0.29, 0.717) is 5.56 Å². The summed E-state index contributed by atoms with van der Waals surface area (Å²) < 4.78 is 13.0. The summed E-state index contributed by atoms with van der Waals surface area (Å²) in [5, 5.41) is 10.3. The lowest BCUT2D eigenvalue weighted by Gasteiger charge is -2.02. The molecular formula is C8H7BrFNO2. The van der Waals surface area contributed by atoms with Gasteiger partial charge in [-0.05, 0) is 18.6 Å². The third-order valence-corrected chi connectivity index (χ3v) is 2.16. The molecule has 0 aliphatic heterocycles. The van der Waals surface area contributed by atoms with Gasteiger partial charge in [-0.2, -0.15) is 4.39 Å². The standard InChI is InChI=1S/C8H7BrFNO2/c1-5(9)6-2-3-8(11(12)13)7(10)4-6/h2-5H,1H3. The zero-order valence-corrected chi connectivity index (χ0v) is 8.42. The molecule has 1 aromatic rings. The summed E-state index contributed by atoms with van der Waals surface area (Å²) in [5.74, 6) is -0.797. The Kier molecular flexibility index (Phi) is 2.98. The van der Waals surface area contributed by atoms with Crippen LogP contribution in [0.2, 0.25) is 0 Å². The quantitative estimate of drug-likeness (QED) is 0.458. The number of nitro benzene ring substituents is 1. The van der Waals surface area contributed by atoms with E-state index in [0.717, 1.165) is 6.07 Å². The van der Waals surface area contributed by atoms with Crippen molar-refractivity contribution in [3.8, 4) is 0 Å². The Hall–Kier alpha value is -0.970. The van der Waals surface area contributed by atoms with Crippen LogP contribution in [0.3, 0.4) is 0 Å². The molecule has 0 N–H and O–H groups in total. The van der Waals surface area contributed by atoms with E-state index in [4.69, 9.17) is 0 Å². The molecule has 70 valence electrons. The smallest absolute Gasteiger partial charge is 0.258 e. The van der Waals surface area contributed by atoms with E-state index in [9.17, 15) is 14.5 Å². The number of halogens is 2. The van der Waals surface area contributed by atoms with Crippen molar-refractivity contribution in [2.75, 3.05) is 0 Å². The Labute approximate surface area is 82.8 Å². The molecule has 0 amide bonds. The molecule has 5 heteroatoms. The van der Waals surface area contributed by atoms with Crippen molar-refractivity contribution in [1.29, 1.82) is 0 Å². The Morgan fingerprint density at radius 2 is 2.23 bits per heavy atom. The summed E-state index contributed by atoms with van der Waals surface area (Å²) in [6, 6.07) is 3.86. The van der Waals surface area contributed by atoms with Crippen LogP contribution in [0.25, 0.3) is 0 Å². The Balaban J connectivity index is 3.13. The van der Waals surface area contributed by atoms with E-state index in [2.05, 4.69) is 15.9 Å². The van der Waals surface area contributed by atoms with Gasteiger partial charge in [-0.1, -0.05) is 22.0 Å². The lowest BCUT2D eigenvalue weighted by molar-refractivity contribution is -0.387. The molecule has 0 saturated heterocycles. The van der Waals surface area contributed by atoms with Crippen LogP contribution in [0.1, 0.15) is 17.3 Å². The van der Waals surface area contributed by atoms with Gasteiger partial charge in [0.1, 0.15) is 0 Å². The fourth-order valence-electron chi connectivity index (χ4n) is 0.919. The van der Waals surface area contributed by atoms with E-state index in [1.807, 2.05) is 6.92 Å². The molecular weight excluding hydrogens is 241 g/mol. The summed E-state index contributed by atoms with van der Waals surface area (Å²) in [4.78, 5) is 9.51.